The summed E-state index contributed by atoms with van der Waals surface area (Å²) in [7, 11) is 4.00. The largest absolute Gasteiger partial charge is 0.504 e. The van der Waals surface area contributed by atoms with E-state index in [1.54, 1.807) is 12.3 Å². The average molecular weight is 314 g/mol. The zero-order valence-corrected chi connectivity index (χ0v) is 13.1. The molecule has 0 spiro atoms. The first-order chi connectivity index (χ1) is 10.6. The molecule has 3 aromatic rings. The Hall–Kier alpha value is -2.46. The van der Waals surface area contributed by atoms with Gasteiger partial charge in [0.1, 0.15) is 5.52 Å². The molecule has 2 N–H and O–H groups in total. The van der Waals surface area contributed by atoms with Crippen LogP contribution in [-0.2, 0) is 0 Å². The number of pyridine rings is 1. The van der Waals surface area contributed by atoms with Crippen LogP contribution < -0.4 is 10.2 Å². The number of aromatic hydroxyl groups is 1. The van der Waals surface area contributed by atoms with Crippen molar-refractivity contribution in [3.63, 3.8) is 0 Å². The molecular weight excluding hydrogens is 298 g/mol. The predicted octanol–water partition coefficient (Wildman–Crippen LogP) is 4.40. The molecule has 0 aliphatic rings. The van der Waals surface area contributed by atoms with Crippen LogP contribution >= 0.6 is 11.6 Å². The van der Waals surface area contributed by atoms with Gasteiger partial charge in [-0.15, -0.1) is 0 Å². The smallest absolute Gasteiger partial charge is 0.160 e. The molecule has 1 aromatic heterocycles. The van der Waals surface area contributed by atoms with E-state index in [1.807, 2.05) is 55.4 Å². The van der Waals surface area contributed by atoms with Crippen molar-refractivity contribution < 1.29 is 5.11 Å². The van der Waals surface area contributed by atoms with Crippen molar-refractivity contribution in [3.05, 3.63) is 53.7 Å². The van der Waals surface area contributed by atoms with Gasteiger partial charge in [0.05, 0.1) is 5.02 Å². The monoisotopic (exact) mass is 313 g/mol. The third-order valence-corrected chi connectivity index (χ3v) is 3.77. The molecule has 4 nitrogen and oxygen atoms in total. The predicted molar refractivity (Wildman–Crippen MR) is 92.5 cm³/mol. The number of hydrogen-bond acceptors (Lipinski definition) is 4. The average Bonchev–Trinajstić information content (AvgIpc) is 2.53. The number of fused-ring (bicyclic) bond motifs is 1. The molecule has 0 bridgehead atoms. The molecule has 0 amide bonds. The number of nitrogens with zero attached hydrogens (tertiary/aromatic N) is 2. The lowest BCUT2D eigenvalue weighted by molar-refractivity contribution is 0.480. The van der Waals surface area contributed by atoms with E-state index in [0.717, 1.165) is 22.4 Å². The quantitative estimate of drug-likeness (QED) is 0.703. The number of aromatic nitrogens is 1. The Bertz CT molecular complexity index is 816. The molecule has 3 rings (SSSR count). The zero-order valence-electron chi connectivity index (χ0n) is 12.3. The van der Waals surface area contributed by atoms with E-state index in [1.165, 1.54) is 0 Å². The molecule has 0 aliphatic heterocycles. The van der Waals surface area contributed by atoms with Gasteiger partial charge >= 0.3 is 0 Å². The second-order valence-electron chi connectivity index (χ2n) is 5.22. The Balaban J connectivity index is 2.02. The maximum Gasteiger partial charge on any atom is 0.160 e. The van der Waals surface area contributed by atoms with Crippen molar-refractivity contribution in [2.24, 2.45) is 0 Å². The first kappa shape index (κ1) is 14.5. The van der Waals surface area contributed by atoms with Gasteiger partial charge < -0.3 is 15.3 Å². The molecule has 0 fully saturated rings. The lowest BCUT2D eigenvalue weighted by atomic mass is 10.1. The molecule has 5 heteroatoms. The fourth-order valence-electron chi connectivity index (χ4n) is 2.30. The van der Waals surface area contributed by atoms with Crippen LogP contribution in [0.15, 0.2) is 48.7 Å². The van der Waals surface area contributed by atoms with Gasteiger partial charge in [-0.1, -0.05) is 11.6 Å². The van der Waals surface area contributed by atoms with Crippen LogP contribution in [0.4, 0.5) is 17.1 Å². The van der Waals surface area contributed by atoms with Gasteiger partial charge in [0.25, 0.3) is 0 Å². The molecule has 0 atom stereocenters. The van der Waals surface area contributed by atoms with E-state index in [4.69, 9.17) is 11.6 Å². The number of anilines is 3. The molecule has 0 radical (unpaired) electrons. The summed E-state index contributed by atoms with van der Waals surface area (Å²) in [6.45, 7) is 0. The zero-order chi connectivity index (χ0) is 15.7. The summed E-state index contributed by atoms with van der Waals surface area (Å²) in [5.41, 5.74) is 3.37. The molecule has 0 unspecified atom stereocenters. The summed E-state index contributed by atoms with van der Waals surface area (Å²) >= 11 is 6.09. The second kappa shape index (κ2) is 5.73. The normalized spacial score (nSPS) is 10.7. The van der Waals surface area contributed by atoms with Gasteiger partial charge in [-0.3, -0.25) is 4.98 Å². The minimum absolute atomic E-state index is 0.00534. The SMILES string of the molecule is CN(C)c1ccc(Nc2cc(Cl)c(O)c3ncccc23)cc1. The van der Waals surface area contributed by atoms with E-state index in [-0.39, 0.29) is 10.8 Å². The van der Waals surface area contributed by atoms with Crippen LogP contribution in [-0.4, -0.2) is 24.2 Å². The summed E-state index contributed by atoms with van der Waals surface area (Å²) in [5, 5.41) is 14.4. The summed E-state index contributed by atoms with van der Waals surface area (Å²) in [6, 6.07) is 13.5. The number of nitrogens with one attached hydrogen (secondary N) is 1. The van der Waals surface area contributed by atoms with Crippen molar-refractivity contribution in [2.75, 3.05) is 24.3 Å². The molecule has 0 saturated carbocycles. The molecule has 0 aliphatic carbocycles. The Morgan fingerprint density at radius 1 is 1.14 bits per heavy atom. The highest BCUT2D eigenvalue weighted by Crippen LogP contribution is 2.37. The minimum atomic E-state index is 0.00534. The lowest BCUT2D eigenvalue weighted by Gasteiger charge is -2.15. The van der Waals surface area contributed by atoms with Gasteiger partial charge in [0.15, 0.2) is 5.75 Å². The van der Waals surface area contributed by atoms with Crippen LogP contribution in [0.25, 0.3) is 10.9 Å². The minimum Gasteiger partial charge on any atom is -0.504 e. The fraction of sp³-hybridized carbons (Fsp3) is 0.118. The van der Waals surface area contributed by atoms with Crippen LogP contribution in [0.3, 0.4) is 0 Å². The Morgan fingerprint density at radius 3 is 2.55 bits per heavy atom. The molecule has 0 saturated heterocycles. The van der Waals surface area contributed by atoms with Crippen LogP contribution in [0.5, 0.6) is 5.75 Å². The van der Waals surface area contributed by atoms with Gasteiger partial charge in [-0.05, 0) is 42.5 Å². The Kier molecular flexibility index (Phi) is 3.77. The summed E-state index contributed by atoms with van der Waals surface area (Å²) in [4.78, 5) is 6.24. The number of hydrogen-bond donors (Lipinski definition) is 2. The highest BCUT2D eigenvalue weighted by Gasteiger charge is 2.11. The first-order valence-electron chi connectivity index (χ1n) is 6.87. The van der Waals surface area contributed by atoms with E-state index < -0.39 is 0 Å². The number of benzene rings is 2. The van der Waals surface area contributed by atoms with Crippen molar-refractivity contribution in [2.45, 2.75) is 0 Å². The summed E-state index contributed by atoms with van der Waals surface area (Å²) in [6.07, 6.45) is 1.63. The van der Waals surface area contributed by atoms with Crippen LogP contribution in [0, 0.1) is 0 Å². The molecule has 112 valence electrons. The van der Waals surface area contributed by atoms with Gasteiger partial charge in [0, 0.05) is 42.7 Å². The van der Waals surface area contributed by atoms with Crippen molar-refractivity contribution >= 4 is 39.6 Å². The third-order valence-electron chi connectivity index (χ3n) is 3.48. The first-order valence-corrected chi connectivity index (χ1v) is 7.24. The topological polar surface area (TPSA) is 48.4 Å². The number of phenols is 1. The van der Waals surface area contributed by atoms with E-state index in [2.05, 4.69) is 10.3 Å². The highest BCUT2D eigenvalue weighted by atomic mass is 35.5. The third kappa shape index (κ3) is 2.65. The van der Waals surface area contributed by atoms with Crippen LogP contribution in [0.1, 0.15) is 0 Å². The van der Waals surface area contributed by atoms with E-state index in [9.17, 15) is 5.11 Å². The lowest BCUT2D eigenvalue weighted by Crippen LogP contribution is -2.08. The summed E-state index contributed by atoms with van der Waals surface area (Å²) in [5.74, 6) is 0.00534. The molecular formula is C17H16ClN3O. The van der Waals surface area contributed by atoms with Crippen molar-refractivity contribution in [3.8, 4) is 5.75 Å². The standard InChI is InChI=1S/C17H16ClN3O/c1-21(2)12-7-5-11(6-8-12)20-15-10-14(18)17(22)16-13(15)4-3-9-19-16/h3-10,20,22H,1-2H3. The molecule has 2 aromatic carbocycles. The van der Waals surface area contributed by atoms with Gasteiger partial charge in [0.2, 0.25) is 0 Å². The van der Waals surface area contributed by atoms with Crippen molar-refractivity contribution in [1.29, 1.82) is 0 Å². The number of halogens is 1. The fourth-order valence-corrected chi connectivity index (χ4v) is 2.50. The maximum absolute atomic E-state index is 10.0. The second-order valence-corrected chi connectivity index (χ2v) is 5.63. The van der Waals surface area contributed by atoms with Crippen LogP contribution in [0.2, 0.25) is 5.02 Å². The maximum atomic E-state index is 10.0. The Labute approximate surface area is 134 Å². The number of rotatable bonds is 3. The van der Waals surface area contributed by atoms with E-state index >= 15 is 0 Å². The molecule has 22 heavy (non-hydrogen) atoms. The summed E-state index contributed by atoms with van der Waals surface area (Å²) < 4.78 is 0. The molecule has 1 heterocycles. The van der Waals surface area contributed by atoms with Gasteiger partial charge in [-0.25, -0.2) is 0 Å². The van der Waals surface area contributed by atoms with Gasteiger partial charge in [-0.2, -0.15) is 0 Å². The van der Waals surface area contributed by atoms with E-state index in [0.29, 0.717) is 5.52 Å². The Morgan fingerprint density at radius 2 is 1.86 bits per heavy atom. The van der Waals surface area contributed by atoms with Crippen molar-refractivity contribution in [1.82, 2.24) is 4.98 Å². The number of phenolic OH excluding ortho intramolecular Hbond substituents is 1. The highest BCUT2D eigenvalue weighted by molar-refractivity contribution is 6.33.